The summed E-state index contributed by atoms with van der Waals surface area (Å²) in [4.78, 5) is 0. The second-order valence-electron chi connectivity index (χ2n) is 3.24. The molecule has 0 spiro atoms. The topological polar surface area (TPSA) is 26.0 Å². The third-order valence-corrected chi connectivity index (χ3v) is 2.85. The molecule has 0 bridgehead atoms. The predicted octanol–water partition coefficient (Wildman–Crippen LogP) is 2.93. The highest BCUT2D eigenvalue weighted by atomic mass is 35.5. The molecule has 1 unspecified atom stereocenters. The predicted molar refractivity (Wildman–Crippen MR) is 51.6 cm³/mol. The first-order valence-corrected chi connectivity index (χ1v) is 4.97. The van der Waals surface area contributed by atoms with Gasteiger partial charge in [0.1, 0.15) is 0 Å². The van der Waals surface area contributed by atoms with Crippen molar-refractivity contribution in [1.82, 2.24) is 0 Å². The molecule has 1 nitrogen and oxygen atoms in total. The monoisotopic (exact) mass is 225 g/mol. The number of nitrogens with two attached hydrogens (primary N) is 1. The van der Waals surface area contributed by atoms with Crippen molar-refractivity contribution in [3.05, 3.63) is 21.3 Å². The van der Waals surface area contributed by atoms with Gasteiger partial charge in [-0.2, -0.15) is 0 Å². The number of thiophene rings is 1. The lowest BCUT2D eigenvalue weighted by atomic mass is 9.96. The molecular formula is C8H10ClF2NS. The van der Waals surface area contributed by atoms with E-state index in [4.69, 9.17) is 17.3 Å². The Morgan fingerprint density at radius 2 is 2.31 bits per heavy atom. The standard InChI is InChI=1S/C8H10ClF2NS/c1-8(12,7(10)11)3-5-2-6(9)13-4-5/h2,4,7H,3,12H2,1H3. The van der Waals surface area contributed by atoms with E-state index in [1.54, 1.807) is 11.4 Å². The Hall–Kier alpha value is -0.190. The third-order valence-electron chi connectivity index (χ3n) is 1.71. The molecule has 5 heteroatoms. The van der Waals surface area contributed by atoms with Crippen LogP contribution in [-0.2, 0) is 6.42 Å². The lowest BCUT2D eigenvalue weighted by Crippen LogP contribution is -2.45. The fourth-order valence-electron chi connectivity index (χ4n) is 0.955. The third kappa shape index (κ3) is 2.90. The van der Waals surface area contributed by atoms with Gasteiger partial charge in [0.2, 0.25) is 0 Å². The van der Waals surface area contributed by atoms with Crippen LogP contribution < -0.4 is 5.73 Å². The summed E-state index contributed by atoms with van der Waals surface area (Å²) < 4.78 is 25.3. The van der Waals surface area contributed by atoms with Crippen LogP contribution in [0.3, 0.4) is 0 Å². The second kappa shape index (κ2) is 3.90. The Labute approximate surface area is 84.5 Å². The number of hydrogen-bond donors (Lipinski definition) is 1. The van der Waals surface area contributed by atoms with E-state index in [2.05, 4.69) is 0 Å². The normalized spacial score (nSPS) is 16.2. The highest BCUT2D eigenvalue weighted by Crippen LogP contribution is 2.24. The molecule has 0 aliphatic heterocycles. The van der Waals surface area contributed by atoms with Gasteiger partial charge in [0.15, 0.2) is 0 Å². The Morgan fingerprint density at radius 3 is 2.69 bits per heavy atom. The van der Waals surface area contributed by atoms with Crippen molar-refractivity contribution in [2.24, 2.45) is 5.73 Å². The average Bonchev–Trinajstić information content (AvgIpc) is 2.34. The van der Waals surface area contributed by atoms with Crippen LogP contribution >= 0.6 is 22.9 Å². The molecule has 1 heterocycles. The van der Waals surface area contributed by atoms with Crippen LogP contribution in [0.1, 0.15) is 12.5 Å². The molecule has 2 N–H and O–H groups in total. The summed E-state index contributed by atoms with van der Waals surface area (Å²) in [7, 11) is 0. The minimum atomic E-state index is -2.52. The van der Waals surface area contributed by atoms with Crippen molar-refractivity contribution in [2.45, 2.75) is 25.3 Å². The van der Waals surface area contributed by atoms with E-state index in [0.29, 0.717) is 4.34 Å². The summed E-state index contributed by atoms with van der Waals surface area (Å²) in [6, 6.07) is 1.67. The molecule has 1 atom stereocenters. The minimum Gasteiger partial charge on any atom is -0.320 e. The zero-order valence-electron chi connectivity index (χ0n) is 7.06. The molecule has 0 saturated carbocycles. The lowest BCUT2D eigenvalue weighted by Gasteiger charge is -2.22. The van der Waals surface area contributed by atoms with Crippen molar-refractivity contribution < 1.29 is 8.78 Å². The van der Waals surface area contributed by atoms with Crippen LogP contribution in [0.4, 0.5) is 8.78 Å². The maximum Gasteiger partial charge on any atom is 0.256 e. The van der Waals surface area contributed by atoms with Crippen LogP contribution in [0.25, 0.3) is 0 Å². The number of halogens is 3. The van der Waals surface area contributed by atoms with Crippen molar-refractivity contribution in [1.29, 1.82) is 0 Å². The molecule has 74 valence electrons. The van der Waals surface area contributed by atoms with Gasteiger partial charge in [-0.05, 0) is 30.4 Å². The molecule has 13 heavy (non-hydrogen) atoms. The van der Waals surface area contributed by atoms with Gasteiger partial charge in [0.25, 0.3) is 6.43 Å². The molecule has 1 rings (SSSR count). The fourth-order valence-corrected chi connectivity index (χ4v) is 1.86. The van der Waals surface area contributed by atoms with Gasteiger partial charge in [-0.25, -0.2) is 8.78 Å². The number of rotatable bonds is 3. The summed E-state index contributed by atoms with van der Waals surface area (Å²) in [6.07, 6.45) is -2.38. The summed E-state index contributed by atoms with van der Waals surface area (Å²) >= 11 is 6.98. The van der Waals surface area contributed by atoms with Gasteiger partial charge in [-0.15, -0.1) is 11.3 Å². The zero-order chi connectivity index (χ0) is 10.1. The summed E-state index contributed by atoms with van der Waals surface area (Å²) in [6.45, 7) is 1.34. The molecule has 0 fully saturated rings. The summed E-state index contributed by atoms with van der Waals surface area (Å²) in [5, 5.41) is 1.75. The molecule has 1 aromatic heterocycles. The second-order valence-corrected chi connectivity index (χ2v) is 4.78. The summed E-state index contributed by atoms with van der Waals surface area (Å²) in [5.41, 5.74) is 4.71. The first-order chi connectivity index (χ1) is 5.92. The molecule has 1 aromatic rings. The largest absolute Gasteiger partial charge is 0.320 e. The fraction of sp³-hybridized carbons (Fsp3) is 0.500. The van der Waals surface area contributed by atoms with Crippen LogP contribution in [0.2, 0.25) is 4.34 Å². The van der Waals surface area contributed by atoms with Crippen LogP contribution in [-0.4, -0.2) is 12.0 Å². The number of alkyl halides is 2. The van der Waals surface area contributed by atoms with E-state index in [9.17, 15) is 8.78 Å². The van der Waals surface area contributed by atoms with Gasteiger partial charge in [0, 0.05) is 0 Å². The Balaban J connectivity index is 2.68. The quantitative estimate of drug-likeness (QED) is 0.841. The van der Waals surface area contributed by atoms with Gasteiger partial charge < -0.3 is 5.73 Å². The number of hydrogen-bond acceptors (Lipinski definition) is 2. The zero-order valence-corrected chi connectivity index (χ0v) is 8.63. The van der Waals surface area contributed by atoms with Crippen LogP contribution in [0.15, 0.2) is 11.4 Å². The molecule has 0 saturated heterocycles. The van der Waals surface area contributed by atoms with Crippen molar-refractivity contribution in [2.75, 3.05) is 0 Å². The highest BCUT2D eigenvalue weighted by Gasteiger charge is 2.30. The Kier molecular flexibility index (Phi) is 3.27. The molecule has 0 aliphatic rings. The van der Waals surface area contributed by atoms with Gasteiger partial charge >= 0.3 is 0 Å². The smallest absolute Gasteiger partial charge is 0.256 e. The van der Waals surface area contributed by atoms with Crippen LogP contribution in [0, 0.1) is 0 Å². The molecule has 0 radical (unpaired) electrons. The van der Waals surface area contributed by atoms with Gasteiger partial charge in [-0.1, -0.05) is 11.6 Å². The lowest BCUT2D eigenvalue weighted by molar-refractivity contribution is 0.0640. The average molecular weight is 226 g/mol. The van der Waals surface area contributed by atoms with Gasteiger partial charge in [-0.3, -0.25) is 0 Å². The van der Waals surface area contributed by atoms with E-state index >= 15 is 0 Å². The van der Waals surface area contributed by atoms with Crippen molar-refractivity contribution in [3.8, 4) is 0 Å². The van der Waals surface area contributed by atoms with Crippen LogP contribution in [0.5, 0.6) is 0 Å². The minimum absolute atomic E-state index is 0.147. The molecular weight excluding hydrogens is 216 g/mol. The van der Waals surface area contributed by atoms with E-state index in [1.807, 2.05) is 0 Å². The maximum atomic E-state index is 12.4. The van der Waals surface area contributed by atoms with E-state index in [0.717, 1.165) is 5.56 Å². The van der Waals surface area contributed by atoms with Crippen molar-refractivity contribution >= 4 is 22.9 Å². The Bertz CT molecular complexity index is 285. The molecule has 0 aliphatic carbocycles. The first-order valence-electron chi connectivity index (χ1n) is 3.72. The molecule has 0 aromatic carbocycles. The molecule has 0 amide bonds. The van der Waals surface area contributed by atoms with E-state index in [1.165, 1.54) is 18.3 Å². The van der Waals surface area contributed by atoms with E-state index < -0.39 is 12.0 Å². The van der Waals surface area contributed by atoms with Crippen molar-refractivity contribution in [3.63, 3.8) is 0 Å². The Morgan fingerprint density at radius 1 is 1.69 bits per heavy atom. The highest BCUT2D eigenvalue weighted by molar-refractivity contribution is 7.14. The van der Waals surface area contributed by atoms with E-state index in [-0.39, 0.29) is 6.42 Å². The van der Waals surface area contributed by atoms with Gasteiger partial charge in [0.05, 0.1) is 9.88 Å². The SMILES string of the molecule is CC(N)(Cc1csc(Cl)c1)C(F)F. The maximum absolute atomic E-state index is 12.4. The first kappa shape index (κ1) is 10.9. The summed E-state index contributed by atoms with van der Waals surface area (Å²) in [5.74, 6) is 0.